The maximum absolute atomic E-state index is 12.8. The van der Waals surface area contributed by atoms with Gasteiger partial charge in [0.15, 0.2) is 5.82 Å². The Labute approximate surface area is 134 Å². The van der Waals surface area contributed by atoms with Gasteiger partial charge in [-0.05, 0) is 12.1 Å². The molecule has 2 aromatic rings. The summed E-state index contributed by atoms with van der Waals surface area (Å²) in [5.74, 6) is 0.981. The molecule has 3 N–H and O–H groups in total. The highest BCUT2D eigenvalue weighted by Crippen LogP contribution is 2.45. The molecular formula is C14H13F3N6O. The largest absolute Gasteiger partial charge is 0.433 e. The van der Waals surface area contributed by atoms with Crippen molar-refractivity contribution >= 4 is 11.9 Å². The molecule has 2 unspecified atom stereocenters. The van der Waals surface area contributed by atoms with Crippen molar-refractivity contribution in [3.05, 3.63) is 23.9 Å². The number of alkyl halides is 3. The van der Waals surface area contributed by atoms with Crippen LogP contribution in [0.3, 0.4) is 0 Å². The Bertz CT molecular complexity index is 773. The number of nitrogens with two attached hydrogens (primary N) is 1. The second-order valence-corrected chi connectivity index (χ2v) is 5.78. The van der Waals surface area contributed by atoms with Gasteiger partial charge in [0.25, 0.3) is 0 Å². The first-order valence-electron chi connectivity index (χ1n) is 7.32. The Morgan fingerprint density at radius 1 is 1.08 bits per heavy atom. The van der Waals surface area contributed by atoms with Crippen molar-refractivity contribution in [2.45, 2.75) is 12.2 Å². The zero-order valence-electron chi connectivity index (χ0n) is 12.3. The summed E-state index contributed by atoms with van der Waals surface area (Å²) >= 11 is 0. The van der Waals surface area contributed by atoms with Gasteiger partial charge < -0.3 is 15.8 Å². The summed E-state index contributed by atoms with van der Waals surface area (Å²) in [7, 11) is 0. The molecule has 1 aliphatic carbocycles. The standard InChI is InChI=1S/C14H13F3N6O/c15-14(16,17)9-3-1-2-8(19-9)11-21-12(18)23-13(22-11)20-10-6-4-24-5-7(6)10/h1-3,6-7,10H,4-5H2,(H3,18,20,21,22,23). The first-order chi connectivity index (χ1) is 11.4. The number of aromatic nitrogens is 4. The van der Waals surface area contributed by atoms with Gasteiger partial charge in [-0.2, -0.15) is 28.1 Å². The molecule has 126 valence electrons. The van der Waals surface area contributed by atoms with Crippen molar-refractivity contribution in [2.75, 3.05) is 24.3 Å². The number of hydrogen-bond acceptors (Lipinski definition) is 7. The molecule has 7 nitrogen and oxygen atoms in total. The molecule has 1 saturated heterocycles. The van der Waals surface area contributed by atoms with Gasteiger partial charge in [0.1, 0.15) is 11.4 Å². The Morgan fingerprint density at radius 2 is 1.83 bits per heavy atom. The zero-order chi connectivity index (χ0) is 16.9. The molecule has 0 aromatic carbocycles. The fourth-order valence-corrected chi connectivity index (χ4v) is 2.89. The number of pyridine rings is 1. The number of hydrogen-bond donors (Lipinski definition) is 2. The Hall–Kier alpha value is -2.49. The Balaban J connectivity index is 1.61. The van der Waals surface area contributed by atoms with Crippen molar-refractivity contribution in [2.24, 2.45) is 11.8 Å². The minimum atomic E-state index is -4.54. The van der Waals surface area contributed by atoms with Crippen LogP contribution in [0.5, 0.6) is 0 Å². The van der Waals surface area contributed by atoms with Crippen molar-refractivity contribution in [3.63, 3.8) is 0 Å². The van der Waals surface area contributed by atoms with Crippen LogP contribution in [0.4, 0.5) is 25.1 Å². The van der Waals surface area contributed by atoms with E-state index in [0.717, 1.165) is 6.07 Å². The van der Waals surface area contributed by atoms with Gasteiger partial charge in [-0.25, -0.2) is 4.98 Å². The molecule has 0 radical (unpaired) electrons. The third-order valence-corrected chi connectivity index (χ3v) is 4.17. The predicted octanol–water partition coefficient (Wildman–Crippen LogP) is 1.59. The second kappa shape index (κ2) is 5.26. The van der Waals surface area contributed by atoms with E-state index in [9.17, 15) is 13.2 Å². The molecule has 1 aliphatic heterocycles. The molecule has 0 amide bonds. The second-order valence-electron chi connectivity index (χ2n) is 5.78. The van der Waals surface area contributed by atoms with Crippen LogP contribution in [0, 0.1) is 11.8 Å². The molecule has 2 aliphatic rings. The fourth-order valence-electron chi connectivity index (χ4n) is 2.89. The van der Waals surface area contributed by atoms with E-state index in [2.05, 4.69) is 25.3 Å². The first-order valence-corrected chi connectivity index (χ1v) is 7.32. The molecule has 3 heterocycles. The molecule has 2 atom stereocenters. The first kappa shape index (κ1) is 15.1. The molecule has 0 spiro atoms. The monoisotopic (exact) mass is 338 g/mol. The van der Waals surface area contributed by atoms with Crippen LogP contribution >= 0.6 is 0 Å². The summed E-state index contributed by atoms with van der Waals surface area (Å²) < 4.78 is 43.7. The van der Waals surface area contributed by atoms with E-state index in [-0.39, 0.29) is 29.5 Å². The number of halogens is 3. The minimum Gasteiger partial charge on any atom is -0.381 e. The maximum Gasteiger partial charge on any atom is 0.433 e. The molecule has 2 aromatic heterocycles. The highest BCUT2D eigenvalue weighted by Gasteiger charge is 2.54. The normalized spacial score (nSPS) is 25.4. The van der Waals surface area contributed by atoms with Gasteiger partial charge in [-0.15, -0.1) is 0 Å². The van der Waals surface area contributed by atoms with E-state index in [1.807, 2.05) is 0 Å². The van der Waals surface area contributed by atoms with E-state index in [0.29, 0.717) is 25.0 Å². The summed E-state index contributed by atoms with van der Waals surface area (Å²) in [5, 5.41) is 3.14. The van der Waals surface area contributed by atoms with Crippen LogP contribution in [-0.2, 0) is 10.9 Å². The molecule has 10 heteroatoms. The van der Waals surface area contributed by atoms with Gasteiger partial charge >= 0.3 is 6.18 Å². The number of rotatable bonds is 3. The predicted molar refractivity (Wildman–Crippen MR) is 77.7 cm³/mol. The van der Waals surface area contributed by atoms with Crippen molar-refractivity contribution < 1.29 is 17.9 Å². The van der Waals surface area contributed by atoms with Crippen molar-refractivity contribution in [1.82, 2.24) is 19.9 Å². The van der Waals surface area contributed by atoms with E-state index in [1.54, 1.807) is 0 Å². The lowest BCUT2D eigenvalue weighted by molar-refractivity contribution is -0.141. The zero-order valence-corrected chi connectivity index (χ0v) is 12.3. The lowest BCUT2D eigenvalue weighted by atomic mass is 10.3. The number of nitrogens with zero attached hydrogens (tertiary/aromatic N) is 4. The molecule has 2 fully saturated rings. The van der Waals surface area contributed by atoms with E-state index < -0.39 is 11.9 Å². The summed E-state index contributed by atoms with van der Waals surface area (Å²) in [6.07, 6.45) is -4.54. The number of ether oxygens (including phenoxy) is 1. The fraction of sp³-hybridized carbons (Fsp3) is 0.429. The molecular weight excluding hydrogens is 325 g/mol. The van der Waals surface area contributed by atoms with E-state index >= 15 is 0 Å². The van der Waals surface area contributed by atoms with Crippen LogP contribution < -0.4 is 11.1 Å². The molecule has 24 heavy (non-hydrogen) atoms. The van der Waals surface area contributed by atoms with Crippen LogP contribution in [0.15, 0.2) is 18.2 Å². The quantitative estimate of drug-likeness (QED) is 0.877. The van der Waals surface area contributed by atoms with E-state index in [4.69, 9.17) is 10.5 Å². The third-order valence-electron chi connectivity index (χ3n) is 4.17. The van der Waals surface area contributed by atoms with Gasteiger partial charge in [-0.3, -0.25) is 0 Å². The van der Waals surface area contributed by atoms with Gasteiger partial charge in [0, 0.05) is 17.9 Å². The van der Waals surface area contributed by atoms with Crippen LogP contribution in [0.2, 0.25) is 0 Å². The number of nitrogens with one attached hydrogen (secondary N) is 1. The number of anilines is 2. The van der Waals surface area contributed by atoms with Crippen LogP contribution in [0.25, 0.3) is 11.5 Å². The average molecular weight is 338 g/mol. The molecule has 1 saturated carbocycles. The van der Waals surface area contributed by atoms with E-state index in [1.165, 1.54) is 12.1 Å². The topological polar surface area (TPSA) is 98.8 Å². The maximum atomic E-state index is 12.8. The SMILES string of the molecule is Nc1nc(NC2C3COCC32)nc(-c2cccc(C(F)(F)F)n2)n1. The Kier molecular flexibility index (Phi) is 3.30. The smallest absolute Gasteiger partial charge is 0.381 e. The van der Waals surface area contributed by atoms with Gasteiger partial charge in [-0.1, -0.05) is 6.07 Å². The number of fused-ring (bicyclic) bond motifs is 1. The lowest BCUT2D eigenvalue weighted by Gasteiger charge is -2.10. The van der Waals surface area contributed by atoms with Gasteiger partial charge in [0.05, 0.1) is 13.2 Å². The summed E-state index contributed by atoms with van der Waals surface area (Å²) in [6.45, 7) is 1.37. The summed E-state index contributed by atoms with van der Waals surface area (Å²) in [4.78, 5) is 15.6. The summed E-state index contributed by atoms with van der Waals surface area (Å²) in [6, 6.07) is 3.73. The molecule has 0 bridgehead atoms. The highest BCUT2D eigenvalue weighted by molar-refractivity contribution is 5.53. The number of nitrogen functional groups attached to an aromatic ring is 1. The average Bonchev–Trinajstić information content (AvgIpc) is 2.95. The molecule has 4 rings (SSSR count). The van der Waals surface area contributed by atoms with Gasteiger partial charge in [0.2, 0.25) is 11.9 Å². The lowest BCUT2D eigenvalue weighted by Crippen LogP contribution is -2.16. The minimum absolute atomic E-state index is 0.00170. The third kappa shape index (κ3) is 2.73. The van der Waals surface area contributed by atoms with Crippen LogP contribution in [-0.4, -0.2) is 39.2 Å². The van der Waals surface area contributed by atoms with Crippen molar-refractivity contribution in [3.8, 4) is 11.5 Å². The highest BCUT2D eigenvalue weighted by atomic mass is 19.4. The van der Waals surface area contributed by atoms with Crippen LogP contribution in [0.1, 0.15) is 5.69 Å². The van der Waals surface area contributed by atoms with Crippen molar-refractivity contribution in [1.29, 1.82) is 0 Å². The Morgan fingerprint density at radius 3 is 2.54 bits per heavy atom. The summed E-state index contributed by atoms with van der Waals surface area (Å²) in [5.41, 5.74) is 4.63.